The fourth-order valence-corrected chi connectivity index (χ4v) is 0.758. The van der Waals surface area contributed by atoms with E-state index in [1.807, 2.05) is 0 Å². The molecule has 0 saturated heterocycles. The molecule has 0 atom stereocenters. The van der Waals surface area contributed by atoms with Gasteiger partial charge in [-0.25, -0.2) is 0 Å². The van der Waals surface area contributed by atoms with Crippen LogP contribution in [-0.2, 0) is 4.43 Å². The molecule has 0 N–H and O–H groups in total. The van der Waals surface area contributed by atoms with Gasteiger partial charge in [0, 0.05) is 0 Å². The molecule has 0 heterocycles. The van der Waals surface area contributed by atoms with Crippen molar-refractivity contribution in [1.29, 1.82) is 0 Å². The second kappa shape index (κ2) is 5.15. The third-order valence-electron chi connectivity index (χ3n) is 0.577. The molecule has 0 saturated carbocycles. The molecule has 0 aromatic rings. The predicted molar refractivity (Wildman–Crippen MR) is 36.4 cm³/mol. The molecule has 0 rings (SSSR count). The first-order chi connectivity index (χ1) is 3.56. The molecule has 0 radical (unpaired) electrons. The Labute approximate surface area is 70.5 Å². The van der Waals surface area contributed by atoms with Crippen LogP contribution in [0.15, 0.2) is 0 Å². The van der Waals surface area contributed by atoms with E-state index in [1.54, 1.807) is 0 Å². The normalized spacial score (nSPS) is 9.56. The van der Waals surface area contributed by atoms with Gasteiger partial charge < -0.3 is 16.8 Å². The number of hydrogen-bond acceptors (Lipinski definition) is 1. The van der Waals surface area contributed by atoms with Gasteiger partial charge in [-0.15, -0.1) is 0 Å². The molecule has 46 valence electrons. The summed E-state index contributed by atoms with van der Waals surface area (Å²) in [5.41, 5.74) is 0. The number of rotatable bonds is 2. The Kier molecular flexibility index (Phi) is 6.89. The van der Waals surface area contributed by atoms with E-state index in [0.29, 0.717) is 6.61 Å². The summed E-state index contributed by atoms with van der Waals surface area (Å²) < 4.78 is 5.22. The van der Waals surface area contributed by atoms with Crippen LogP contribution in [0.25, 0.3) is 0 Å². The first-order valence-corrected chi connectivity index (χ1v) is 6.00. The van der Waals surface area contributed by atoms with E-state index in [2.05, 4.69) is 25.6 Å². The van der Waals surface area contributed by atoms with Crippen LogP contribution < -0.4 is 18.9 Å². The van der Waals surface area contributed by atoms with Crippen LogP contribution in [0.1, 0.15) is 0 Å². The molecule has 1 nitrogen and oxygen atoms in total. The van der Waals surface area contributed by atoms with Crippen LogP contribution in [0.5, 0.6) is 0 Å². The van der Waals surface area contributed by atoms with Crippen molar-refractivity contribution >= 4 is 8.32 Å². The summed E-state index contributed by atoms with van der Waals surface area (Å²) in [5, 5.41) is 0. The molecule has 3 heteroatoms. The maximum Gasteiger partial charge on any atom is 1.00 e. The largest absolute Gasteiger partial charge is 1.00 e. The standard InChI is InChI=1S/C6H11OSi.Li/c1-5-6-7-8(2,3)4;/h6H2,2-4H3;/q-1;+1. The summed E-state index contributed by atoms with van der Waals surface area (Å²) in [4.78, 5) is 0. The second-order valence-electron chi connectivity index (χ2n) is 2.58. The molecule has 0 fully saturated rings. The average Bonchev–Trinajstić information content (AvgIpc) is 1.59. The van der Waals surface area contributed by atoms with E-state index < -0.39 is 8.32 Å². The van der Waals surface area contributed by atoms with Gasteiger partial charge in [0.25, 0.3) is 0 Å². The van der Waals surface area contributed by atoms with Gasteiger partial charge in [0.1, 0.15) is 0 Å². The third kappa shape index (κ3) is 11.8. The Morgan fingerprint density at radius 2 is 1.89 bits per heavy atom. The van der Waals surface area contributed by atoms with Crippen LogP contribution in [0.3, 0.4) is 0 Å². The Hall–Kier alpha value is 0.334. The van der Waals surface area contributed by atoms with Gasteiger partial charge in [-0.2, -0.15) is 0 Å². The van der Waals surface area contributed by atoms with Crippen molar-refractivity contribution in [2.24, 2.45) is 0 Å². The quantitative estimate of drug-likeness (QED) is 0.252. The maximum absolute atomic E-state index is 6.53. The summed E-state index contributed by atoms with van der Waals surface area (Å²) in [6.07, 6.45) is 6.53. The molecule has 0 spiro atoms. The Balaban J connectivity index is 0. The minimum absolute atomic E-state index is 0. The number of hydrogen-bond donors (Lipinski definition) is 0. The van der Waals surface area contributed by atoms with Crippen LogP contribution in [0, 0.1) is 12.3 Å². The third-order valence-corrected chi connectivity index (χ3v) is 1.59. The Bertz CT molecular complexity index is 101. The molecule has 0 amide bonds. The smallest absolute Gasteiger partial charge is 0.691 e. The van der Waals surface area contributed by atoms with Crippen LogP contribution in [0.2, 0.25) is 19.6 Å². The van der Waals surface area contributed by atoms with Gasteiger partial charge in [0.2, 0.25) is 0 Å². The Morgan fingerprint density at radius 1 is 1.44 bits per heavy atom. The van der Waals surface area contributed by atoms with Crippen LogP contribution >= 0.6 is 0 Å². The molecule has 0 aromatic carbocycles. The van der Waals surface area contributed by atoms with E-state index in [0.717, 1.165) is 0 Å². The zero-order valence-electron chi connectivity index (χ0n) is 6.62. The first kappa shape index (κ1) is 12.1. The predicted octanol–water partition coefficient (Wildman–Crippen LogP) is -1.57. The monoisotopic (exact) mass is 134 g/mol. The molecular weight excluding hydrogens is 123 g/mol. The van der Waals surface area contributed by atoms with Gasteiger partial charge >= 0.3 is 18.9 Å². The van der Waals surface area contributed by atoms with E-state index in [-0.39, 0.29) is 18.9 Å². The zero-order valence-corrected chi connectivity index (χ0v) is 7.62. The van der Waals surface area contributed by atoms with Crippen molar-refractivity contribution in [1.82, 2.24) is 0 Å². The summed E-state index contributed by atoms with van der Waals surface area (Å²) in [7, 11) is -1.36. The summed E-state index contributed by atoms with van der Waals surface area (Å²) in [6.45, 7) is 6.62. The van der Waals surface area contributed by atoms with Crippen molar-refractivity contribution in [3.63, 3.8) is 0 Å². The molecule has 0 aliphatic carbocycles. The van der Waals surface area contributed by atoms with Gasteiger partial charge in [-0.1, -0.05) is 0 Å². The minimum atomic E-state index is -1.36. The Morgan fingerprint density at radius 3 is 2.00 bits per heavy atom. The van der Waals surface area contributed by atoms with Crippen molar-refractivity contribution in [3.8, 4) is 5.92 Å². The zero-order chi connectivity index (χ0) is 6.62. The van der Waals surface area contributed by atoms with Gasteiger partial charge in [0.05, 0.1) is 6.61 Å². The van der Waals surface area contributed by atoms with E-state index in [9.17, 15) is 0 Å². The van der Waals surface area contributed by atoms with E-state index in [4.69, 9.17) is 10.8 Å². The van der Waals surface area contributed by atoms with E-state index in [1.165, 1.54) is 0 Å². The van der Waals surface area contributed by atoms with Gasteiger partial charge in [-0.05, 0) is 19.6 Å². The van der Waals surface area contributed by atoms with Crippen LogP contribution in [-0.4, -0.2) is 14.9 Å². The molecule has 9 heavy (non-hydrogen) atoms. The van der Waals surface area contributed by atoms with Gasteiger partial charge in [-0.3, -0.25) is 0 Å². The maximum atomic E-state index is 6.53. The van der Waals surface area contributed by atoms with Crippen molar-refractivity contribution in [2.75, 3.05) is 6.61 Å². The van der Waals surface area contributed by atoms with Gasteiger partial charge in [0.15, 0.2) is 8.32 Å². The molecule has 0 bridgehead atoms. The average molecular weight is 134 g/mol. The van der Waals surface area contributed by atoms with Crippen LogP contribution in [0.4, 0.5) is 0 Å². The second-order valence-corrected chi connectivity index (χ2v) is 7.09. The first-order valence-electron chi connectivity index (χ1n) is 2.60. The summed E-state index contributed by atoms with van der Waals surface area (Å²) >= 11 is 0. The molecule has 0 aliphatic rings. The van der Waals surface area contributed by atoms with E-state index >= 15 is 0 Å². The van der Waals surface area contributed by atoms with Crippen molar-refractivity contribution in [3.05, 3.63) is 6.42 Å². The topological polar surface area (TPSA) is 9.23 Å². The van der Waals surface area contributed by atoms with Crippen molar-refractivity contribution in [2.45, 2.75) is 19.6 Å². The molecule has 0 unspecified atom stereocenters. The fraction of sp³-hybridized carbons (Fsp3) is 0.667. The fourth-order valence-electron chi connectivity index (χ4n) is 0.253. The summed E-state index contributed by atoms with van der Waals surface area (Å²) in [5.74, 6) is 2.19. The summed E-state index contributed by atoms with van der Waals surface area (Å²) in [6, 6.07) is 0. The van der Waals surface area contributed by atoms with Crippen molar-refractivity contribution < 1.29 is 23.3 Å². The molecular formula is C6H11LiOSi. The SMILES string of the molecule is [C-]#CCO[Si](C)(C)C.[Li+]. The molecule has 0 aliphatic heterocycles. The molecule has 0 aromatic heterocycles. The minimum Gasteiger partial charge on any atom is -0.691 e.